The Labute approximate surface area is 167 Å². The Bertz CT molecular complexity index is 984. The van der Waals surface area contributed by atoms with Crippen LogP contribution in [0.4, 0.5) is 9.18 Å². The fourth-order valence-corrected chi connectivity index (χ4v) is 3.22. The largest absolute Gasteiger partial charge is 0.496 e. The van der Waals surface area contributed by atoms with Crippen LogP contribution in [-0.2, 0) is 13.0 Å². The van der Waals surface area contributed by atoms with Gasteiger partial charge < -0.3 is 19.5 Å². The molecule has 1 fully saturated rings. The third kappa shape index (κ3) is 4.37. The number of carbonyl (C=O) groups is 1. The number of rotatable bonds is 6. The van der Waals surface area contributed by atoms with Gasteiger partial charge in [-0.2, -0.15) is 4.98 Å². The van der Waals surface area contributed by atoms with Gasteiger partial charge in [0.2, 0.25) is 5.89 Å². The second-order valence-corrected chi connectivity index (χ2v) is 6.92. The van der Waals surface area contributed by atoms with Crippen LogP contribution in [0.1, 0.15) is 28.8 Å². The molecule has 8 heteroatoms. The highest BCUT2D eigenvalue weighted by atomic mass is 19.1. The number of hydrogen-bond acceptors (Lipinski definition) is 5. The van der Waals surface area contributed by atoms with E-state index in [-0.39, 0.29) is 17.8 Å². The van der Waals surface area contributed by atoms with Crippen molar-refractivity contribution in [1.29, 1.82) is 0 Å². The number of ether oxygens (including phenoxy) is 1. The molecule has 0 spiro atoms. The molecule has 0 radical (unpaired) electrons. The molecule has 4 rings (SSSR count). The van der Waals surface area contributed by atoms with Crippen molar-refractivity contribution in [3.8, 4) is 5.75 Å². The van der Waals surface area contributed by atoms with Crippen LogP contribution < -0.4 is 10.1 Å². The number of aromatic nitrogens is 2. The average Bonchev–Trinajstić information content (AvgIpc) is 3.15. The highest BCUT2D eigenvalue weighted by Gasteiger charge is 2.35. The normalized spacial score (nSPS) is 13.8. The lowest BCUT2D eigenvalue weighted by Gasteiger charge is -2.36. The molecule has 2 aromatic carbocycles. The van der Waals surface area contributed by atoms with Crippen molar-refractivity contribution in [3.05, 3.63) is 77.2 Å². The van der Waals surface area contributed by atoms with Gasteiger partial charge in [0.25, 0.3) is 0 Å². The number of nitrogens with one attached hydrogen (secondary N) is 1. The van der Waals surface area contributed by atoms with Gasteiger partial charge in [0.05, 0.1) is 13.0 Å². The van der Waals surface area contributed by atoms with E-state index < -0.39 is 0 Å². The van der Waals surface area contributed by atoms with Crippen molar-refractivity contribution >= 4 is 6.03 Å². The topological polar surface area (TPSA) is 80.5 Å². The molecule has 2 amide bonds. The zero-order valence-electron chi connectivity index (χ0n) is 16.0. The number of halogens is 1. The molecule has 2 heterocycles. The van der Waals surface area contributed by atoms with Gasteiger partial charge in [0, 0.05) is 31.6 Å². The third-order valence-corrected chi connectivity index (χ3v) is 4.90. The molecule has 1 saturated heterocycles. The first kappa shape index (κ1) is 18.9. The maximum atomic E-state index is 12.9. The number of para-hydroxylation sites is 1. The molecular formula is C21H21FN4O3. The van der Waals surface area contributed by atoms with Gasteiger partial charge in [-0.3, -0.25) is 0 Å². The quantitative estimate of drug-likeness (QED) is 0.693. The molecule has 1 N–H and O–H groups in total. The molecule has 150 valence electrons. The summed E-state index contributed by atoms with van der Waals surface area (Å²) in [7, 11) is 1.63. The zero-order chi connectivity index (χ0) is 20.2. The number of benzene rings is 2. The van der Waals surface area contributed by atoms with Crippen LogP contribution in [0.2, 0.25) is 0 Å². The van der Waals surface area contributed by atoms with Gasteiger partial charge in [-0.05, 0) is 23.8 Å². The molecule has 3 aromatic rings. The molecule has 7 nitrogen and oxygen atoms in total. The van der Waals surface area contributed by atoms with Crippen molar-refractivity contribution in [3.63, 3.8) is 0 Å². The van der Waals surface area contributed by atoms with E-state index in [1.54, 1.807) is 24.1 Å². The summed E-state index contributed by atoms with van der Waals surface area (Å²) >= 11 is 0. The lowest BCUT2D eigenvalue weighted by Crippen LogP contribution is -2.52. The van der Waals surface area contributed by atoms with E-state index in [0.717, 1.165) is 16.9 Å². The van der Waals surface area contributed by atoms with Crippen molar-refractivity contribution in [2.24, 2.45) is 0 Å². The molecule has 1 aromatic heterocycles. The predicted molar refractivity (Wildman–Crippen MR) is 103 cm³/mol. The number of nitrogens with zero attached hydrogens (tertiary/aromatic N) is 3. The van der Waals surface area contributed by atoms with E-state index in [0.29, 0.717) is 37.8 Å². The number of likely N-dealkylation sites (tertiary alicyclic amines) is 1. The predicted octanol–water partition coefficient (Wildman–Crippen LogP) is 3.12. The van der Waals surface area contributed by atoms with Crippen molar-refractivity contribution in [1.82, 2.24) is 20.4 Å². The van der Waals surface area contributed by atoms with E-state index in [9.17, 15) is 9.18 Å². The van der Waals surface area contributed by atoms with Gasteiger partial charge in [-0.15, -0.1) is 0 Å². The summed E-state index contributed by atoms with van der Waals surface area (Å²) in [5.41, 5.74) is 1.83. The molecule has 0 atom stereocenters. The number of methoxy groups -OCH3 is 1. The minimum Gasteiger partial charge on any atom is -0.496 e. The van der Waals surface area contributed by atoms with Gasteiger partial charge in [0.15, 0.2) is 5.82 Å². The number of carbonyl (C=O) groups excluding carboxylic acids is 1. The highest BCUT2D eigenvalue weighted by Crippen LogP contribution is 2.27. The highest BCUT2D eigenvalue weighted by molar-refractivity contribution is 5.75. The molecule has 1 aliphatic heterocycles. The molecule has 29 heavy (non-hydrogen) atoms. The van der Waals surface area contributed by atoms with E-state index in [4.69, 9.17) is 9.26 Å². The van der Waals surface area contributed by atoms with Crippen LogP contribution in [0.3, 0.4) is 0 Å². The average molecular weight is 396 g/mol. The van der Waals surface area contributed by atoms with Crippen LogP contribution >= 0.6 is 0 Å². The van der Waals surface area contributed by atoms with E-state index in [1.165, 1.54) is 12.1 Å². The Hall–Kier alpha value is -3.42. The molecular weight excluding hydrogens is 375 g/mol. The summed E-state index contributed by atoms with van der Waals surface area (Å²) in [4.78, 5) is 18.4. The second-order valence-electron chi connectivity index (χ2n) is 6.92. The van der Waals surface area contributed by atoms with Crippen LogP contribution in [0, 0.1) is 5.82 Å². The SMILES string of the molecule is COc1ccccc1Cc1noc(C2CN(C(=O)NCc3ccc(F)cc3)C2)n1. The monoisotopic (exact) mass is 396 g/mol. The van der Waals surface area contributed by atoms with Gasteiger partial charge >= 0.3 is 6.03 Å². The number of hydrogen-bond donors (Lipinski definition) is 1. The van der Waals surface area contributed by atoms with E-state index in [1.807, 2.05) is 24.3 Å². The Morgan fingerprint density at radius 2 is 2.00 bits per heavy atom. The Morgan fingerprint density at radius 1 is 1.24 bits per heavy atom. The zero-order valence-corrected chi connectivity index (χ0v) is 16.0. The fourth-order valence-electron chi connectivity index (χ4n) is 3.22. The molecule has 0 saturated carbocycles. The summed E-state index contributed by atoms with van der Waals surface area (Å²) in [6, 6.07) is 13.6. The van der Waals surface area contributed by atoms with E-state index >= 15 is 0 Å². The summed E-state index contributed by atoms with van der Waals surface area (Å²) in [6.45, 7) is 1.39. The van der Waals surface area contributed by atoms with Crippen LogP contribution in [-0.4, -0.2) is 41.3 Å². The first-order valence-electron chi connectivity index (χ1n) is 9.34. The van der Waals surface area contributed by atoms with Gasteiger partial charge in [-0.1, -0.05) is 35.5 Å². The fraction of sp³-hybridized carbons (Fsp3) is 0.286. The lowest BCUT2D eigenvalue weighted by atomic mass is 10.0. The molecule has 0 aliphatic carbocycles. The number of urea groups is 1. The standard InChI is InChI=1S/C21H21FN4O3/c1-28-18-5-3-2-4-15(18)10-19-24-20(29-25-19)16-12-26(13-16)21(27)23-11-14-6-8-17(22)9-7-14/h2-9,16H,10-13H2,1H3,(H,23,27). The van der Waals surface area contributed by atoms with Gasteiger partial charge in [0.1, 0.15) is 11.6 Å². The summed E-state index contributed by atoms with van der Waals surface area (Å²) in [6.07, 6.45) is 0.516. The number of amides is 2. The van der Waals surface area contributed by atoms with Crippen molar-refractivity contribution < 1.29 is 18.4 Å². The molecule has 0 bridgehead atoms. The van der Waals surface area contributed by atoms with Crippen LogP contribution in [0.15, 0.2) is 53.1 Å². The van der Waals surface area contributed by atoms with E-state index in [2.05, 4.69) is 15.5 Å². The lowest BCUT2D eigenvalue weighted by molar-refractivity contribution is 0.136. The first-order valence-corrected chi connectivity index (χ1v) is 9.34. The maximum Gasteiger partial charge on any atom is 0.317 e. The van der Waals surface area contributed by atoms with Gasteiger partial charge in [-0.25, -0.2) is 9.18 Å². The van der Waals surface area contributed by atoms with Crippen molar-refractivity contribution in [2.75, 3.05) is 20.2 Å². The Balaban J connectivity index is 1.27. The first-order chi connectivity index (χ1) is 14.1. The minimum atomic E-state index is -0.296. The van der Waals surface area contributed by atoms with Crippen molar-refractivity contribution in [2.45, 2.75) is 18.9 Å². The maximum absolute atomic E-state index is 12.9. The summed E-state index contributed by atoms with van der Waals surface area (Å²) in [5, 5.41) is 6.88. The third-order valence-electron chi connectivity index (χ3n) is 4.90. The molecule has 1 aliphatic rings. The molecule has 0 unspecified atom stereocenters. The van der Waals surface area contributed by atoms with Crippen LogP contribution in [0.25, 0.3) is 0 Å². The summed E-state index contributed by atoms with van der Waals surface area (Å²) in [5.74, 6) is 1.65. The second kappa shape index (κ2) is 8.30. The van der Waals surface area contributed by atoms with Crippen LogP contribution in [0.5, 0.6) is 5.75 Å². The Morgan fingerprint density at radius 3 is 2.76 bits per heavy atom. The smallest absolute Gasteiger partial charge is 0.317 e. The Kier molecular flexibility index (Phi) is 5.41. The summed E-state index contributed by atoms with van der Waals surface area (Å²) < 4.78 is 23.7. The minimum absolute atomic E-state index is 0.0329.